The number of carbonyl (C=O) groups is 1. The summed E-state index contributed by atoms with van der Waals surface area (Å²) in [4.78, 5) is 24.1. The molecule has 1 aromatic rings. The van der Waals surface area contributed by atoms with Gasteiger partial charge in [0.15, 0.2) is 5.69 Å². The van der Waals surface area contributed by atoms with E-state index in [1.165, 1.54) is 12.1 Å². The van der Waals surface area contributed by atoms with Gasteiger partial charge in [0.25, 0.3) is 5.91 Å². The van der Waals surface area contributed by atoms with Crippen LogP contribution < -0.4 is 5.32 Å². The molecule has 1 aromatic heterocycles. The van der Waals surface area contributed by atoms with Gasteiger partial charge in [-0.05, 0) is 17.4 Å². The average molecular weight is 320 g/mol. The van der Waals surface area contributed by atoms with Gasteiger partial charge in [0.05, 0.1) is 6.61 Å². The number of nitrogens with zero attached hydrogens (tertiary/aromatic N) is 1. The van der Waals surface area contributed by atoms with E-state index in [2.05, 4.69) is 26.2 Å². The summed E-state index contributed by atoms with van der Waals surface area (Å²) in [5.41, 5.74) is 0.180. The monoisotopic (exact) mass is 319 g/mol. The van der Waals surface area contributed by atoms with Gasteiger partial charge in [0.1, 0.15) is 0 Å². The number of amides is 1. The minimum Gasteiger partial charge on any atom is -0.384 e. The molecule has 1 atom stereocenters. The van der Waals surface area contributed by atoms with Crippen molar-refractivity contribution >= 4 is 27.7 Å². The van der Waals surface area contributed by atoms with Gasteiger partial charge in [0.2, 0.25) is 0 Å². The molecule has 0 aliphatic heterocycles. The molecule has 0 fully saturated rings. The zero-order valence-corrected chi connectivity index (χ0v) is 11.4. The first-order chi connectivity index (χ1) is 8.54. The summed E-state index contributed by atoms with van der Waals surface area (Å²) in [6, 6.07) is 2.64. The van der Waals surface area contributed by atoms with Crippen molar-refractivity contribution in [2.24, 2.45) is 0 Å². The molecule has 0 aliphatic carbocycles. The van der Waals surface area contributed by atoms with Gasteiger partial charge < -0.3 is 20.2 Å². The van der Waals surface area contributed by atoms with Gasteiger partial charge in [-0.2, -0.15) is 0 Å². The number of halogens is 1. The van der Waals surface area contributed by atoms with Gasteiger partial charge in [-0.3, -0.25) is 4.79 Å². The van der Waals surface area contributed by atoms with Gasteiger partial charge in [-0.1, -0.05) is 15.9 Å². The zero-order valence-electron chi connectivity index (χ0n) is 9.81. The average Bonchev–Trinajstić information content (AvgIpc) is 2.78. The molecule has 1 unspecified atom stereocenters. The molecule has 0 saturated heterocycles. The lowest BCUT2D eigenvalue weighted by Gasteiger charge is -2.08. The van der Waals surface area contributed by atoms with Crippen molar-refractivity contribution in [3.05, 3.63) is 27.9 Å². The van der Waals surface area contributed by atoms with E-state index in [9.17, 15) is 14.9 Å². The van der Waals surface area contributed by atoms with Crippen LogP contribution in [-0.2, 0) is 4.74 Å². The van der Waals surface area contributed by atoms with Crippen molar-refractivity contribution in [3.63, 3.8) is 0 Å². The Kier molecular flexibility index (Phi) is 5.79. The van der Waals surface area contributed by atoms with E-state index in [0.717, 1.165) is 0 Å². The van der Waals surface area contributed by atoms with E-state index in [1.807, 2.05) is 0 Å². The molecule has 0 aromatic carbocycles. The number of aromatic nitrogens is 1. The first-order valence-electron chi connectivity index (χ1n) is 5.29. The number of ether oxygens (including phenoxy) is 1. The number of H-pyrrole nitrogens is 1. The van der Waals surface area contributed by atoms with E-state index in [0.29, 0.717) is 19.6 Å². The van der Waals surface area contributed by atoms with Crippen LogP contribution in [0, 0.1) is 10.1 Å². The first-order valence-corrected chi connectivity index (χ1v) is 6.20. The van der Waals surface area contributed by atoms with E-state index < -0.39 is 4.92 Å². The molecule has 7 nitrogen and oxygen atoms in total. The molecule has 0 spiro atoms. The summed E-state index contributed by atoms with van der Waals surface area (Å²) < 4.78 is 4.93. The Balaban J connectivity index is 2.38. The highest BCUT2D eigenvalue weighted by Gasteiger charge is 2.15. The smallest absolute Gasteiger partial charge is 0.321 e. The van der Waals surface area contributed by atoms with Crippen molar-refractivity contribution in [2.75, 3.05) is 20.3 Å². The highest BCUT2D eigenvalue weighted by atomic mass is 79.9. The van der Waals surface area contributed by atoms with Crippen LogP contribution in [0.25, 0.3) is 0 Å². The summed E-state index contributed by atoms with van der Waals surface area (Å²) in [7, 11) is 1.60. The van der Waals surface area contributed by atoms with Crippen LogP contribution in [0.5, 0.6) is 0 Å². The highest BCUT2D eigenvalue weighted by Crippen LogP contribution is 2.10. The van der Waals surface area contributed by atoms with Gasteiger partial charge in [-0.25, -0.2) is 4.98 Å². The number of methoxy groups -OCH3 is 1. The number of carbonyl (C=O) groups excluding carboxylic acids is 1. The summed E-state index contributed by atoms with van der Waals surface area (Å²) >= 11 is 3.39. The summed E-state index contributed by atoms with van der Waals surface area (Å²) in [5.74, 6) is -0.557. The zero-order chi connectivity index (χ0) is 13.5. The fraction of sp³-hybridized carbons (Fsp3) is 0.500. The second kappa shape index (κ2) is 7.12. The maximum absolute atomic E-state index is 11.6. The summed E-state index contributed by atoms with van der Waals surface area (Å²) in [6.07, 6.45) is 0.711. The lowest BCUT2D eigenvalue weighted by Crippen LogP contribution is -2.27. The molecule has 100 valence electrons. The van der Waals surface area contributed by atoms with Crippen LogP contribution >= 0.6 is 15.9 Å². The fourth-order valence-electron chi connectivity index (χ4n) is 1.32. The van der Waals surface area contributed by atoms with Gasteiger partial charge in [-0.15, -0.1) is 0 Å². The Morgan fingerprint density at radius 2 is 2.39 bits per heavy atom. The molecule has 0 radical (unpaired) electrons. The Labute approximate surface area is 112 Å². The Hall–Kier alpha value is -1.41. The molecular formula is C10H14BrN3O4. The molecule has 8 heteroatoms. The molecule has 2 N–H and O–H groups in total. The van der Waals surface area contributed by atoms with E-state index >= 15 is 0 Å². The predicted octanol–water partition coefficient (Wildman–Crippen LogP) is 1.45. The van der Waals surface area contributed by atoms with Crippen LogP contribution in [-0.4, -0.2) is 40.9 Å². The van der Waals surface area contributed by atoms with Crippen LogP contribution in [0.15, 0.2) is 12.1 Å². The van der Waals surface area contributed by atoms with Crippen molar-refractivity contribution in [3.8, 4) is 0 Å². The molecule has 0 aliphatic rings. The predicted molar refractivity (Wildman–Crippen MR) is 69.0 cm³/mol. The molecular weight excluding hydrogens is 306 g/mol. The third kappa shape index (κ3) is 4.46. The number of rotatable bonds is 7. The lowest BCUT2D eigenvalue weighted by molar-refractivity contribution is -0.389. The first kappa shape index (κ1) is 14.7. The standard InChI is InChI=1S/C10H14BrN3O4/c1-18-6-7(11)4-5-12-10(15)8-2-3-9(13-8)14(16)17/h2-3,7,13H,4-6H2,1H3,(H,12,15). The minimum atomic E-state index is -0.579. The Morgan fingerprint density at radius 1 is 1.67 bits per heavy atom. The van der Waals surface area contributed by atoms with Crippen LogP contribution in [0.3, 0.4) is 0 Å². The molecule has 1 amide bonds. The Bertz CT molecular complexity index is 421. The second-order valence-electron chi connectivity index (χ2n) is 3.61. The van der Waals surface area contributed by atoms with Crippen LogP contribution in [0.2, 0.25) is 0 Å². The van der Waals surface area contributed by atoms with Crippen molar-refractivity contribution in [1.82, 2.24) is 10.3 Å². The number of hydrogen-bond acceptors (Lipinski definition) is 4. The summed E-state index contributed by atoms with van der Waals surface area (Å²) in [5, 5.41) is 13.1. The van der Waals surface area contributed by atoms with E-state index in [1.54, 1.807) is 7.11 Å². The molecule has 0 bridgehead atoms. The largest absolute Gasteiger partial charge is 0.384 e. The molecule has 1 heterocycles. The van der Waals surface area contributed by atoms with Crippen LogP contribution in [0.1, 0.15) is 16.9 Å². The SMILES string of the molecule is COCC(Br)CCNC(=O)c1ccc([N+](=O)[O-])[nH]1. The maximum atomic E-state index is 11.6. The number of nitro groups is 1. The van der Waals surface area contributed by atoms with Crippen molar-refractivity contribution in [1.29, 1.82) is 0 Å². The fourth-order valence-corrected chi connectivity index (χ4v) is 1.82. The maximum Gasteiger partial charge on any atom is 0.321 e. The normalized spacial score (nSPS) is 12.1. The third-order valence-electron chi connectivity index (χ3n) is 2.20. The number of nitrogens with one attached hydrogen (secondary N) is 2. The van der Waals surface area contributed by atoms with Gasteiger partial charge in [0, 0.05) is 24.5 Å². The number of hydrogen-bond donors (Lipinski definition) is 2. The van der Waals surface area contributed by atoms with Crippen molar-refractivity contribution in [2.45, 2.75) is 11.2 Å². The Morgan fingerprint density at radius 3 is 2.94 bits per heavy atom. The van der Waals surface area contributed by atoms with Gasteiger partial charge >= 0.3 is 5.82 Å². The lowest BCUT2D eigenvalue weighted by atomic mass is 10.3. The topological polar surface area (TPSA) is 97.3 Å². The second-order valence-corrected chi connectivity index (χ2v) is 4.91. The van der Waals surface area contributed by atoms with E-state index in [4.69, 9.17) is 4.74 Å². The number of aromatic amines is 1. The quantitative estimate of drug-likeness (QED) is 0.451. The minimum absolute atomic E-state index is 0.167. The van der Waals surface area contributed by atoms with Crippen LogP contribution in [0.4, 0.5) is 5.82 Å². The highest BCUT2D eigenvalue weighted by molar-refractivity contribution is 9.09. The van der Waals surface area contributed by atoms with Crippen molar-refractivity contribution < 1.29 is 14.5 Å². The molecule has 18 heavy (non-hydrogen) atoms. The molecule has 0 saturated carbocycles. The summed E-state index contributed by atoms with van der Waals surface area (Å²) in [6.45, 7) is 1.02. The third-order valence-corrected chi connectivity index (χ3v) is 2.92. The number of alkyl halides is 1. The van der Waals surface area contributed by atoms with E-state index in [-0.39, 0.29) is 22.2 Å². The molecule has 1 rings (SSSR count).